The first-order chi connectivity index (χ1) is 9.17. The van der Waals surface area contributed by atoms with Crippen molar-refractivity contribution in [3.8, 4) is 16.9 Å². The Kier molecular flexibility index (Phi) is 4.22. The second kappa shape index (κ2) is 5.89. The summed E-state index contributed by atoms with van der Waals surface area (Å²) in [7, 11) is 2.87. The summed E-state index contributed by atoms with van der Waals surface area (Å²) in [5.41, 5.74) is 2.35. The zero-order valence-corrected chi connectivity index (χ0v) is 12.2. The molecule has 0 aliphatic rings. The summed E-state index contributed by atoms with van der Waals surface area (Å²) in [6.45, 7) is 0. The molecule has 0 saturated heterocycles. The van der Waals surface area contributed by atoms with E-state index in [-0.39, 0.29) is 0 Å². The van der Waals surface area contributed by atoms with Crippen LogP contribution in [0.5, 0.6) is 5.75 Å². The summed E-state index contributed by atoms with van der Waals surface area (Å²) in [6, 6.07) is 13.5. The lowest BCUT2D eigenvalue weighted by molar-refractivity contribution is 0.0597. The molecule has 0 N–H and O–H groups in total. The highest BCUT2D eigenvalue weighted by Gasteiger charge is 2.17. The fourth-order valence-corrected chi connectivity index (χ4v) is 2.48. The predicted molar refractivity (Wildman–Crippen MR) is 77.5 cm³/mol. The Morgan fingerprint density at radius 1 is 1.05 bits per heavy atom. The number of hydrogen-bond acceptors (Lipinski definition) is 3. The summed E-state index contributed by atoms with van der Waals surface area (Å²) in [6.07, 6.45) is 0. The summed E-state index contributed by atoms with van der Waals surface area (Å²) >= 11 is 3.42. The van der Waals surface area contributed by atoms with Gasteiger partial charge in [0.1, 0.15) is 11.3 Å². The lowest BCUT2D eigenvalue weighted by Gasteiger charge is -2.11. The predicted octanol–water partition coefficient (Wildman–Crippen LogP) is 3.91. The van der Waals surface area contributed by atoms with Gasteiger partial charge in [-0.25, -0.2) is 4.79 Å². The van der Waals surface area contributed by atoms with Crippen LogP contribution in [-0.2, 0) is 4.74 Å². The van der Waals surface area contributed by atoms with Crippen molar-refractivity contribution in [2.45, 2.75) is 0 Å². The Hall–Kier alpha value is -1.81. The van der Waals surface area contributed by atoms with Crippen molar-refractivity contribution in [1.29, 1.82) is 0 Å². The zero-order valence-electron chi connectivity index (χ0n) is 10.6. The first-order valence-corrected chi connectivity index (χ1v) is 6.48. The third kappa shape index (κ3) is 2.79. The van der Waals surface area contributed by atoms with Crippen LogP contribution in [0.25, 0.3) is 11.1 Å². The maximum atomic E-state index is 11.8. The quantitative estimate of drug-likeness (QED) is 0.804. The SMILES string of the molecule is COC(=O)c1cc(-c2ccccc2)cc(Br)c1OC. The number of rotatable bonds is 3. The number of benzene rings is 2. The molecule has 0 atom stereocenters. The zero-order chi connectivity index (χ0) is 13.8. The van der Waals surface area contributed by atoms with Crippen LogP contribution in [-0.4, -0.2) is 20.2 Å². The van der Waals surface area contributed by atoms with E-state index >= 15 is 0 Å². The maximum absolute atomic E-state index is 11.8. The number of halogens is 1. The van der Waals surface area contributed by atoms with Gasteiger partial charge in [-0.2, -0.15) is 0 Å². The average Bonchev–Trinajstić information content (AvgIpc) is 2.46. The molecule has 0 saturated carbocycles. The highest BCUT2D eigenvalue weighted by Crippen LogP contribution is 2.34. The van der Waals surface area contributed by atoms with Gasteiger partial charge in [0.2, 0.25) is 0 Å². The first kappa shape index (κ1) is 13.6. The van der Waals surface area contributed by atoms with Crippen molar-refractivity contribution in [3.63, 3.8) is 0 Å². The largest absolute Gasteiger partial charge is 0.495 e. The van der Waals surface area contributed by atoms with Crippen LogP contribution in [0, 0.1) is 0 Å². The van der Waals surface area contributed by atoms with Crippen LogP contribution in [0.15, 0.2) is 46.9 Å². The molecular weight excluding hydrogens is 308 g/mol. The standard InChI is InChI=1S/C15H13BrO3/c1-18-14-12(15(17)19-2)8-11(9-13(14)16)10-6-4-3-5-7-10/h3-9H,1-2H3. The van der Waals surface area contributed by atoms with E-state index < -0.39 is 5.97 Å². The lowest BCUT2D eigenvalue weighted by atomic mass is 10.0. The highest BCUT2D eigenvalue weighted by molar-refractivity contribution is 9.10. The van der Waals surface area contributed by atoms with E-state index in [4.69, 9.17) is 9.47 Å². The van der Waals surface area contributed by atoms with Gasteiger partial charge in [0.15, 0.2) is 0 Å². The van der Waals surface area contributed by atoms with Crippen molar-refractivity contribution in [3.05, 3.63) is 52.5 Å². The van der Waals surface area contributed by atoms with Crippen LogP contribution in [0.1, 0.15) is 10.4 Å². The topological polar surface area (TPSA) is 35.5 Å². The first-order valence-electron chi connectivity index (χ1n) is 5.68. The van der Waals surface area contributed by atoms with Gasteiger partial charge in [0, 0.05) is 0 Å². The molecule has 2 aromatic rings. The molecule has 0 radical (unpaired) electrons. The van der Waals surface area contributed by atoms with Crippen molar-refractivity contribution in [1.82, 2.24) is 0 Å². The normalized spacial score (nSPS) is 10.1. The lowest BCUT2D eigenvalue weighted by Crippen LogP contribution is -2.05. The molecule has 0 spiro atoms. The van der Waals surface area contributed by atoms with Gasteiger partial charge in [-0.15, -0.1) is 0 Å². The average molecular weight is 321 g/mol. The number of esters is 1. The van der Waals surface area contributed by atoms with Crippen molar-refractivity contribution in [2.75, 3.05) is 14.2 Å². The number of hydrogen-bond donors (Lipinski definition) is 0. The van der Waals surface area contributed by atoms with E-state index in [0.29, 0.717) is 11.3 Å². The van der Waals surface area contributed by atoms with Crippen LogP contribution in [0.2, 0.25) is 0 Å². The molecule has 0 bridgehead atoms. The minimum Gasteiger partial charge on any atom is -0.495 e. The van der Waals surface area contributed by atoms with Gasteiger partial charge in [0.25, 0.3) is 0 Å². The van der Waals surface area contributed by atoms with Crippen molar-refractivity contribution < 1.29 is 14.3 Å². The summed E-state index contributed by atoms with van der Waals surface area (Å²) in [5.74, 6) is 0.0573. The van der Waals surface area contributed by atoms with Crippen molar-refractivity contribution in [2.24, 2.45) is 0 Å². The Morgan fingerprint density at radius 2 is 1.74 bits per heavy atom. The molecular formula is C15H13BrO3. The second-order valence-electron chi connectivity index (χ2n) is 3.90. The van der Waals surface area contributed by atoms with E-state index in [1.165, 1.54) is 14.2 Å². The molecule has 2 aromatic carbocycles. The number of carbonyl (C=O) groups is 1. The monoisotopic (exact) mass is 320 g/mol. The fourth-order valence-electron chi connectivity index (χ4n) is 1.86. The van der Waals surface area contributed by atoms with Gasteiger partial charge in [-0.1, -0.05) is 30.3 Å². The Morgan fingerprint density at radius 3 is 2.32 bits per heavy atom. The third-order valence-corrected chi connectivity index (χ3v) is 3.35. The van der Waals surface area contributed by atoms with E-state index in [0.717, 1.165) is 15.6 Å². The molecule has 19 heavy (non-hydrogen) atoms. The minimum atomic E-state index is -0.421. The highest BCUT2D eigenvalue weighted by atomic mass is 79.9. The van der Waals surface area contributed by atoms with Gasteiger partial charge in [-0.05, 0) is 39.2 Å². The molecule has 3 nitrogen and oxygen atoms in total. The van der Waals surface area contributed by atoms with E-state index in [2.05, 4.69) is 15.9 Å². The molecule has 2 rings (SSSR count). The van der Waals surface area contributed by atoms with Crippen LogP contribution in [0.3, 0.4) is 0 Å². The van der Waals surface area contributed by atoms with Gasteiger partial charge in [-0.3, -0.25) is 0 Å². The number of ether oxygens (including phenoxy) is 2. The maximum Gasteiger partial charge on any atom is 0.341 e. The fraction of sp³-hybridized carbons (Fsp3) is 0.133. The number of methoxy groups -OCH3 is 2. The molecule has 0 amide bonds. The Labute approximate surface area is 120 Å². The van der Waals surface area contributed by atoms with E-state index in [9.17, 15) is 4.79 Å². The van der Waals surface area contributed by atoms with Gasteiger partial charge >= 0.3 is 5.97 Å². The molecule has 0 aliphatic carbocycles. The molecule has 98 valence electrons. The molecule has 0 aliphatic heterocycles. The van der Waals surface area contributed by atoms with Crippen LogP contribution in [0.4, 0.5) is 0 Å². The Bertz CT molecular complexity index is 594. The van der Waals surface area contributed by atoms with Crippen molar-refractivity contribution >= 4 is 21.9 Å². The van der Waals surface area contributed by atoms with Gasteiger partial charge < -0.3 is 9.47 Å². The van der Waals surface area contributed by atoms with Crippen LogP contribution < -0.4 is 4.74 Å². The minimum absolute atomic E-state index is 0.401. The third-order valence-electron chi connectivity index (χ3n) is 2.76. The summed E-state index contributed by atoms with van der Waals surface area (Å²) in [5, 5.41) is 0. The van der Waals surface area contributed by atoms with E-state index in [1.54, 1.807) is 6.07 Å². The van der Waals surface area contributed by atoms with Gasteiger partial charge in [0.05, 0.1) is 18.7 Å². The molecule has 0 aromatic heterocycles. The summed E-state index contributed by atoms with van der Waals surface area (Å²) < 4.78 is 10.7. The molecule has 0 heterocycles. The molecule has 0 unspecified atom stereocenters. The second-order valence-corrected chi connectivity index (χ2v) is 4.75. The molecule has 4 heteroatoms. The smallest absolute Gasteiger partial charge is 0.341 e. The summed E-state index contributed by atoms with van der Waals surface area (Å²) in [4.78, 5) is 11.8. The van der Waals surface area contributed by atoms with Crippen LogP contribution >= 0.6 is 15.9 Å². The Balaban J connectivity index is 2.60. The number of carbonyl (C=O) groups excluding carboxylic acids is 1. The molecule has 0 fully saturated rings. The van der Waals surface area contributed by atoms with E-state index in [1.807, 2.05) is 36.4 Å².